The first kappa shape index (κ1) is 16.6. The number of halogens is 1. The van der Waals surface area contributed by atoms with Gasteiger partial charge in [-0.15, -0.1) is 0 Å². The van der Waals surface area contributed by atoms with Crippen molar-refractivity contribution in [1.82, 2.24) is 15.0 Å². The fraction of sp³-hybridized carbons (Fsp3) is 0.471. The molecule has 0 N–H and O–H groups in total. The predicted octanol–water partition coefficient (Wildman–Crippen LogP) is 2.38. The van der Waals surface area contributed by atoms with Crippen LogP contribution in [0.25, 0.3) is 0 Å². The Morgan fingerprint density at radius 2 is 2.21 bits per heavy atom. The Bertz CT molecular complexity index is 691. The molecule has 24 heavy (non-hydrogen) atoms. The van der Waals surface area contributed by atoms with Crippen molar-refractivity contribution in [2.45, 2.75) is 32.0 Å². The summed E-state index contributed by atoms with van der Waals surface area (Å²) in [5, 5.41) is 3.64. The van der Waals surface area contributed by atoms with Gasteiger partial charge in [0.05, 0.1) is 13.2 Å². The van der Waals surface area contributed by atoms with Gasteiger partial charge in [0.25, 0.3) is 5.89 Å². The average Bonchev–Trinajstić information content (AvgIpc) is 3.03. The third-order valence-corrected chi connectivity index (χ3v) is 4.04. The molecule has 0 radical (unpaired) electrons. The molecule has 2 heterocycles. The molecule has 128 valence electrons. The summed E-state index contributed by atoms with van der Waals surface area (Å²) in [4.78, 5) is 17.7. The van der Waals surface area contributed by atoms with Crippen LogP contribution in [0.2, 0.25) is 0 Å². The number of hydrogen-bond acceptors (Lipinski definition) is 5. The molecule has 6 nitrogen and oxygen atoms in total. The van der Waals surface area contributed by atoms with Gasteiger partial charge in [-0.25, -0.2) is 4.39 Å². The number of amides is 1. The van der Waals surface area contributed by atoms with Gasteiger partial charge in [-0.3, -0.25) is 4.79 Å². The van der Waals surface area contributed by atoms with E-state index < -0.39 is 5.67 Å². The Hall–Kier alpha value is -2.28. The van der Waals surface area contributed by atoms with Crippen LogP contribution < -0.4 is 0 Å². The largest absolute Gasteiger partial charge is 0.367 e. The molecular weight excluding hydrogens is 313 g/mol. The van der Waals surface area contributed by atoms with Crippen molar-refractivity contribution >= 4 is 5.91 Å². The van der Waals surface area contributed by atoms with Gasteiger partial charge in [-0.05, 0) is 25.3 Å². The van der Waals surface area contributed by atoms with Crippen molar-refractivity contribution in [3.63, 3.8) is 0 Å². The minimum atomic E-state index is -1.78. The number of benzene rings is 1. The first-order chi connectivity index (χ1) is 11.6. The van der Waals surface area contributed by atoms with E-state index in [-0.39, 0.29) is 31.4 Å². The standard InChI is InChI=1S/C17H20FN3O3/c1-13-19-16(24-20-13)17(18)8-5-9-21(12-17)15(22)11-23-10-14-6-3-2-4-7-14/h2-4,6-7H,5,8-12H2,1H3. The average molecular weight is 333 g/mol. The zero-order chi connectivity index (χ0) is 17.0. The molecule has 0 bridgehead atoms. The molecule has 0 aliphatic carbocycles. The monoisotopic (exact) mass is 333 g/mol. The van der Waals surface area contributed by atoms with Crippen molar-refractivity contribution in [3.8, 4) is 0 Å². The van der Waals surface area contributed by atoms with E-state index in [2.05, 4.69) is 10.1 Å². The van der Waals surface area contributed by atoms with E-state index in [0.29, 0.717) is 25.4 Å². The molecule has 1 aromatic carbocycles. The molecular formula is C17H20FN3O3. The van der Waals surface area contributed by atoms with Crippen LogP contribution in [-0.2, 0) is 21.8 Å². The topological polar surface area (TPSA) is 68.5 Å². The first-order valence-corrected chi connectivity index (χ1v) is 7.96. The second kappa shape index (κ2) is 7.09. The number of nitrogens with zero attached hydrogens (tertiary/aromatic N) is 3. The van der Waals surface area contributed by atoms with Gasteiger partial charge >= 0.3 is 0 Å². The minimum Gasteiger partial charge on any atom is -0.367 e. The lowest BCUT2D eigenvalue weighted by Crippen LogP contribution is -2.47. The zero-order valence-electron chi connectivity index (χ0n) is 13.6. The van der Waals surface area contributed by atoms with Gasteiger partial charge in [0, 0.05) is 6.54 Å². The molecule has 2 aromatic rings. The Kier molecular flexibility index (Phi) is 4.89. The molecule has 3 rings (SSSR count). The smallest absolute Gasteiger partial charge is 0.266 e. The summed E-state index contributed by atoms with van der Waals surface area (Å²) in [6, 6.07) is 9.60. The van der Waals surface area contributed by atoms with E-state index in [0.717, 1.165) is 5.56 Å². The van der Waals surface area contributed by atoms with Gasteiger partial charge in [0.2, 0.25) is 11.6 Å². The predicted molar refractivity (Wildman–Crippen MR) is 83.7 cm³/mol. The Morgan fingerprint density at radius 1 is 1.42 bits per heavy atom. The number of hydrogen-bond donors (Lipinski definition) is 0. The van der Waals surface area contributed by atoms with Gasteiger partial charge in [-0.1, -0.05) is 35.5 Å². The van der Waals surface area contributed by atoms with Crippen LogP contribution in [0, 0.1) is 6.92 Å². The maximum absolute atomic E-state index is 15.1. The zero-order valence-corrected chi connectivity index (χ0v) is 13.6. The lowest BCUT2D eigenvalue weighted by molar-refractivity contribution is -0.141. The lowest BCUT2D eigenvalue weighted by atomic mass is 9.94. The summed E-state index contributed by atoms with van der Waals surface area (Å²) < 4.78 is 25.5. The highest BCUT2D eigenvalue weighted by Gasteiger charge is 2.43. The van der Waals surface area contributed by atoms with Crippen LogP contribution in [0.5, 0.6) is 0 Å². The summed E-state index contributed by atoms with van der Waals surface area (Å²) in [5.41, 5.74) is -0.792. The molecule has 7 heteroatoms. The highest BCUT2D eigenvalue weighted by Crippen LogP contribution is 2.34. The third-order valence-electron chi connectivity index (χ3n) is 4.04. The second-order valence-corrected chi connectivity index (χ2v) is 6.01. The second-order valence-electron chi connectivity index (χ2n) is 6.01. The number of carbonyl (C=O) groups excluding carboxylic acids is 1. The number of aromatic nitrogens is 2. The Balaban J connectivity index is 1.55. The SMILES string of the molecule is Cc1noc(C2(F)CCCN(C(=O)COCc3ccccc3)C2)n1. The number of aryl methyl sites for hydroxylation is 1. The number of piperidine rings is 1. The maximum Gasteiger partial charge on any atom is 0.266 e. The van der Waals surface area contributed by atoms with Gasteiger partial charge < -0.3 is 14.2 Å². The fourth-order valence-electron chi connectivity index (χ4n) is 2.80. The summed E-state index contributed by atoms with van der Waals surface area (Å²) >= 11 is 0. The van der Waals surface area contributed by atoms with Crippen LogP contribution >= 0.6 is 0 Å². The van der Waals surface area contributed by atoms with Crippen molar-refractivity contribution < 1.29 is 18.4 Å². The summed E-state index contributed by atoms with van der Waals surface area (Å²) in [6.45, 7) is 2.34. The third kappa shape index (κ3) is 3.79. The van der Waals surface area contributed by atoms with Crippen LogP contribution in [0.1, 0.15) is 30.1 Å². The summed E-state index contributed by atoms with van der Waals surface area (Å²) in [7, 11) is 0. The molecule has 1 aromatic heterocycles. The fourth-order valence-corrected chi connectivity index (χ4v) is 2.80. The Morgan fingerprint density at radius 3 is 2.92 bits per heavy atom. The molecule has 1 atom stereocenters. The number of likely N-dealkylation sites (tertiary alicyclic amines) is 1. The molecule has 1 amide bonds. The van der Waals surface area contributed by atoms with Crippen molar-refractivity contribution in [3.05, 3.63) is 47.6 Å². The molecule has 1 aliphatic heterocycles. The molecule has 1 aliphatic rings. The van der Waals surface area contributed by atoms with E-state index in [9.17, 15) is 4.79 Å². The molecule has 1 fully saturated rings. The molecule has 0 spiro atoms. The number of alkyl halides is 1. The van der Waals surface area contributed by atoms with E-state index >= 15 is 4.39 Å². The van der Waals surface area contributed by atoms with Gasteiger partial charge in [-0.2, -0.15) is 4.98 Å². The molecule has 1 saturated heterocycles. The van der Waals surface area contributed by atoms with Crippen molar-refractivity contribution in [2.24, 2.45) is 0 Å². The van der Waals surface area contributed by atoms with Crippen LogP contribution in [0.4, 0.5) is 4.39 Å². The number of ether oxygens (including phenoxy) is 1. The molecule has 0 saturated carbocycles. The number of carbonyl (C=O) groups is 1. The minimum absolute atomic E-state index is 0.0531. The molecule has 1 unspecified atom stereocenters. The number of rotatable bonds is 5. The van der Waals surface area contributed by atoms with Gasteiger partial charge in [0.15, 0.2) is 5.82 Å². The normalized spacial score (nSPS) is 21.0. The van der Waals surface area contributed by atoms with Crippen LogP contribution in [-0.4, -0.2) is 40.6 Å². The van der Waals surface area contributed by atoms with E-state index in [1.54, 1.807) is 6.92 Å². The van der Waals surface area contributed by atoms with E-state index in [4.69, 9.17) is 9.26 Å². The maximum atomic E-state index is 15.1. The summed E-state index contributed by atoms with van der Waals surface area (Å²) in [5.74, 6) is 0.100. The lowest BCUT2D eigenvalue weighted by Gasteiger charge is -2.35. The van der Waals surface area contributed by atoms with Crippen LogP contribution in [0.15, 0.2) is 34.9 Å². The van der Waals surface area contributed by atoms with Crippen LogP contribution in [0.3, 0.4) is 0 Å². The van der Waals surface area contributed by atoms with Crippen molar-refractivity contribution in [2.75, 3.05) is 19.7 Å². The van der Waals surface area contributed by atoms with E-state index in [1.807, 2.05) is 30.3 Å². The highest BCUT2D eigenvalue weighted by molar-refractivity contribution is 5.77. The highest BCUT2D eigenvalue weighted by atomic mass is 19.1. The van der Waals surface area contributed by atoms with Crippen molar-refractivity contribution in [1.29, 1.82) is 0 Å². The first-order valence-electron chi connectivity index (χ1n) is 7.96. The summed E-state index contributed by atoms with van der Waals surface area (Å²) in [6.07, 6.45) is 0.811. The Labute approximate surface area is 139 Å². The van der Waals surface area contributed by atoms with Gasteiger partial charge in [0.1, 0.15) is 6.61 Å². The quantitative estimate of drug-likeness (QED) is 0.840. The van der Waals surface area contributed by atoms with E-state index in [1.165, 1.54) is 4.90 Å².